The van der Waals surface area contributed by atoms with Crippen molar-refractivity contribution in [3.8, 4) is 0 Å². The van der Waals surface area contributed by atoms with E-state index >= 15 is 0 Å². The molecule has 0 radical (unpaired) electrons. The molecule has 1 atom stereocenters. The zero-order valence-electron chi connectivity index (χ0n) is 7.62. The van der Waals surface area contributed by atoms with Gasteiger partial charge < -0.3 is 20.5 Å². The number of imidazole rings is 1. The average Bonchev–Trinajstić information content (AvgIpc) is 2.57. The lowest BCUT2D eigenvalue weighted by Gasteiger charge is -2.20. The first-order valence-corrected chi connectivity index (χ1v) is 4.15. The molecule has 0 saturated carbocycles. The third-order valence-corrected chi connectivity index (χ3v) is 1.72. The van der Waals surface area contributed by atoms with Crippen LogP contribution in [0.1, 0.15) is 12.6 Å². The molecule has 1 aromatic rings. The Morgan fingerprint density at radius 2 is 2.46 bits per heavy atom. The first-order valence-electron chi connectivity index (χ1n) is 4.15. The van der Waals surface area contributed by atoms with Crippen LogP contribution in [0.5, 0.6) is 0 Å². The summed E-state index contributed by atoms with van der Waals surface area (Å²) >= 11 is 0. The Bertz CT molecular complexity index is 234. The van der Waals surface area contributed by atoms with E-state index in [2.05, 4.69) is 15.3 Å². The zero-order valence-corrected chi connectivity index (χ0v) is 7.62. The quantitative estimate of drug-likeness (QED) is 0.486. The summed E-state index contributed by atoms with van der Waals surface area (Å²) in [7, 11) is 0. The van der Waals surface area contributed by atoms with Gasteiger partial charge in [-0.05, 0) is 6.92 Å². The summed E-state index contributed by atoms with van der Waals surface area (Å²) in [4.78, 5) is 6.77. The molecule has 13 heavy (non-hydrogen) atoms. The van der Waals surface area contributed by atoms with E-state index in [0.717, 1.165) is 5.69 Å². The Morgan fingerprint density at radius 1 is 1.69 bits per heavy atom. The summed E-state index contributed by atoms with van der Waals surface area (Å²) in [6, 6.07) is 0. The van der Waals surface area contributed by atoms with E-state index in [1.807, 2.05) is 0 Å². The topological polar surface area (TPSA) is 81.2 Å². The second kappa shape index (κ2) is 4.36. The molecule has 0 saturated heterocycles. The first kappa shape index (κ1) is 10.2. The van der Waals surface area contributed by atoms with Crippen molar-refractivity contribution in [3.05, 3.63) is 18.2 Å². The highest BCUT2D eigenvalue weighted by Gasteiger charge is 2.17. The van der Waals surface area contributed by atoms with Gasteiger partial charge in [0.05, 0.1) is 18.5 Å². The van der Waals surface area contributed by atoms with Crippen molar-refractivity contribution >= 4 is 0 Å². The average molecular weight is 185 g/mol. The zero-order chi connectivity index (χ0) is 9.73. The van der Waals surface area contributed by atoms with Crippen LogP contribution in [0.25, 0.3) is 0 Å². The first-order chi connectivity index (χ1) is 6.14. The van der Waals surface area contributed by atoms with Crippen LogP contribution in [0.4, 0.5) is 0 Å². The Kier molecular flexibility index (Phi) is 3.41. The summed E-state index contributed by atoms with van der Waals surface area (Å²) in [6.45, 7) is 2.29. The van der Waals surface area contributed by atoms with Crippen LogP contribution in [-0.2, 0) is 6.54 Å². The van der Waals surface area contributed by atoms with Crippen LogP contribution < -0.4 is 5.32 Å². The fourth-order valence-corrected chi connectivity index (χ4v) is 0.904. The number of rotatable bonds is 5. The van der Waals surface area contributed by atoms with Gasteiger partial charge in [0.2, 0.25) is 0 Å². The summed E-state index contributed by atoms with van der Waals surface area (Å²) in [6.07, 6.45) is 3.31. The number of hydrogen-bond acceptors (Lipinski definition) is 4. The molecule has 0 bridgehead atoms. The van der Waals surface area contributed by atoms with E-state index < -0.39 is 5.60 Å². The van der Waals surface area contributed by atoms with Gasteiger partial charge >= 0.3 is 0 Å². The van der Waals surface area contributed by atoms with Crippen LogP contribution in [0.15, 0.2) is 12.5 Å². The van der Waals surface area contributed by atoms with Gasteiger partial charge in [-0.1, -0.05) is 0 Å². The van der Waals surface area contributed by atoms with E-state index in [1.165, 1.54) is 0 Å². The Hall–Kier alpha value is -0.910. The fourth-order valence-electron chi connectivity index (χ4n) is 0.904. The molecule has 0 aliphatic rings. The van der Waals surface area contributed by atoms with Gasteiger partial charge in [0.25, 0.3) is 0 Å². The Morgan fingerprint density at radius 3 is 3.00 bits per heavy atom. The summed E-state index contributed by atoms with van der Waals surface area (Å²) in [5, 5.41) is 21.2. The number of aliphatic hydroxyl groups excluding tert-OH is 1. The molecule has 0 aliphatic heterocycles. The number of aromatic nitrogens is 2. The Balaban J connectivity index is 2.21. The van der Waals surface area contributed by atoms with E-state index in [4.69, 9.17) is 5.11 Å². The minimum Gasteiger partial charge on any atom is -0.393 e. The molecule has 1 unspecified atom stereocenters. The second-order valence-corrected chi connectivity index (χ2v) is 3.34. The summed E-state index contributed by atoms with van der Waals surface area (Å²) < 4.78 is 0. The molecule has 5 heteroatoms. The molecule has 1 rings (SSSR count). The van der Waals surface area contributed by atoms with Gasteiger partial charge in [-0.15, -0.1) is 0 Å². The summed E-state index contributed by atoms with van der Waals surface area (Å²) in [5.41, 5.74) is -0.103. The number of aromatic amines is 1. The second-order valence-electron chi connectivity index (χ2n) is 3.34. The van der Waals surface area contributed by atoms with Crippen molar-refractivity contribution in [3.63, 3.8) is 0 Å². The molecule has 0 fully saturated rings. The minimum atomic E-state index is -1.06. The monoisotopic (exact) mass is 185 g/mol. The third-order valence-electron chi connectivity index (χ3n) is 1.72. The van der Waals surface area contributed by atoms with Crippen LogP contribution in [0.2, 0.25) is 0 Å². The van der Waals surface area contributed by atoms with Crippen molar-refractivity contribution in [1.29, 1.82) is 0 Å². The number of H-pyrrole nitrogens is 1. The van der Waals surface area contributed by atoms with E-state index in [1.54, 1.807) is 19.4 Å². The molecule has 5 nitrogen and oxygen atoms in total. The van der Waals surface area contributed by atoms with Crippen molar-refractivity contribution < 1.29 is 10.2 Å². The van der Waals surface area contributed by atoms with E-state index in [0.29, 0.717) is 13.1 Å². The van der Waals surface area contributed by atoms with Gasteiger partial charge in [0.15, 0.2) is 0 Å². The molecular weight excluding hydrogens is 170 g/mol. The van der Waals surface area contributed by atoms with Gasteiger partial charge in [-0.2, -0.15) is 0 Å². The number of aliphatic hydroxyl groups is 2. The lowest BCUT2D eigenvalue weighted by atomic mass is 10.1. The fraction of sp³-hybridized carbons (Fsp3) is 0.625. The van der Waals surface area contributed by atoms with Crippen molar-refractivity contribution in [2.24, 2.45) is 0 Å². The van der Waals surface area contributed by atoms with Gasteiger partial charge in [-0.25, -0.2) is 4.98 Å². The third kappa shape index (κ3) is 3.54. The number of nitrogens with zero attached hydrogens (tertiary/aromatic N) is 1. The minimum absolute atomic E-state index is 0.247. The highest BCUT2D eigenvalue weighted by molar-refractivity contribution is 4.93. The van der Waals surface area contributed by atoms with Crippen molar-refractivity contribution in [1.82, 2.24) is 15.3 Å². The molecule has 74 valence electrons. The van der Waals surface area contributed by atoms with Crippen molar-refractivity contribution in [2.45, 2.75) is 19.1 Å². The van der Waals surface area contributed by atoms with Gasteiger partial charge in [-0.3, -0.25) is 0 Å². The lowest BCUT2D eigenvalue weighted by Crippen LogP contribution is -2.40. The molecule has 0 amide bonds. The summed E-state index contributed by atoms with van der Waals surface area (Å²) in [5.74, 6) is 0. The maximum Gasteiger partial charge on any atom is 0.0972 e. The van der Waals surface area contributed by atoms with E-state index in [9.17, 15) is 5.11 Å². The lowest BCUT2D eigenvalue weighted by molar-refractivity contribution is 0.00249. The van der Waals surface area contributed by atoms with Gasteiger partial charge in [0, 0.05) is 25.0 Å². The van der Waals surface area contributed by atoms with Crippen molar-refractivity contribution in [2.75, 3.05) is 13.2 Å². The molecule has 0 aliphatic carbocycles. The standard InChI is InChI=1S/C8H15N3O2/c1-8(13,5-12)4-9-2-7-3-10-6-11-7/h3,6,9,12-13H,2,4-5H2,1H3,(H,10,11). The maximum atomic E-state index is 9.41. The van der Waals surface area contributed by atoms with E-state index in [-0.39, 0.29) is 6.61 Å². The molecular formula is C8H15N3O2. The number of nitrogens with one attached hydrogen (secondary N) is 2. The van der Waals surface area contributed by atoms with Crippen LogP contribution in [-0.4, -0.2) is 38.9 Å². The van der Waals surface area contributed by atoms with Crippen LogP contribution in [0, 0.1) is 0 Å². The smallest absolute Gasteiger partial charge is 0.0972 e. The number of hydrogen-bond donors (Lipinski definition) is 4. The molecule has 0 aromatic carbocycles. The SMILES string of the molecule is CC(O)(CO)CNCc1cnc[nH]1. The predicted octanol–water partition coefficient (Wildman–Crippen LogP) is -0.757. The van der Waals surface area contributed by atoms with Crippen LogP contribution in [0.3, 0.4) is 0 Å². The molecule has 1 heterocycles. The normalized spacial score (nSPS) is 15.6. The maximum absolute atomic E-state index is 9.41. The highest BCUT2D eigenvalue weighted by atomic mass is 16.3. The molecule has 0 spiro atoms. The molecule has 1 aromatic heterocycles. The largest absolute Gasteiger partial charge is 0.393 e. The van der Waals surface area contributed by atoms with Gasteiger partial charge in [0.1, 0.15) is 0 Å². The Labute approximate surface area is 76.8 Å². The predicted molar refractivity (Wildman–Crippen MR) is 48.0 cm³/mol. The molecule has 4 N–H and O–H groups in total. The highest BCUT2D eigenvalue weighted by Crippen LogP contribution is 1.99. The van der Waals surface area contributed by atoms with Crippen LogP contribution >= 0.6 is 0 Å².